The molecule has 0 bridgehead atoms. The van der Waals surface area contributed by atoms with Crippen molar-refractivity contribution in [1.82, 2.24) is 15.2 Å². The molecular formula is C13H12N3O3S-. The number of carboxylic acid groups (broad SMARTS) is 1. The van der Waals surface area contributed by atoms with Crippen molar-refractivity contribution in [2.24, 2.45) is 0 Å². The van der Waals surface area contributed by atoms with E-state index >= 15 is 0 Å². The zero-order chi connectivity index (χ0) is 14.5. The summed E-state index contributed by atoms with van der Waals surface area (Å²) in [6.07, 6.45) is 1.49. The van der Waals surface area contributed by atoms with Crippen LogP contribution in [0.15, 0.2) is 34.3 Å². The second-order valence-corrected chi connectivity index (χ2v) is 4.89. The van der Waals surface area contributed by atoms with E-state index < -0.39 is 5.97 Å². The smallest absolute Gasteiger partial charge is 0.213 e. The Morgan fingerprint density at radius 3 is 2.90 bits per heavy atom. The Hall–Kier alpha value is -2.28. The third-order valence-corrected chi connectivity index (χ3v) is 3.24. The number of thioether (sulfide) groups is 1. The van der Waals surface area contributed by atoms with Crippen LogP contribution in [0.4, 0.5) is 0 Å². The highest BCUT2D eigenvalue weighted by Crippen LogP contribution is 2.25. The molecule has 1 aromatic carbocycles. The maximum absolute atomic E-state index is 11.2. The Bertz CT molecular complexity index is 652. The van der Waals surface area contributed by atoms with Crippen LogP contribution in [-0.4, -0.2) is 28.3 Å². The van der Waals surface area contributed by atoms with Gasteiger partial charge in [0.1, 0.15) is 11.6 Å². The van der Waals surface area contributed by atoms with Crippen LogP contribution >= 0.6 is 11.8 Å². The Morgan fingerprint density at radius 2 is 2.30 bits per heavy atom. The average Bonchev–Trinajstić information content (AvgIpc) is 2.83. The lowest BCUT2D eigenvalue weighted by Gasteiger charge is -2.06. The largest absolute Gasteiger partial charge is 0.544 e. The number of carboxylic acids is 1. The molecule has 0 fully saturated rings. The Morgan fingerprint density at radius 1 is 1.50 bits per heavy atom. The fourth-order valence-electron chi connectivity index (χ4n) is 1.48. The Balaban J connectivity index is 2.27. The number of aliphatic carboxylic acids is 1. The number of rotatable bonds is 5. The molecule has 0 unspecified atom stereocenters. The maximum Gasteiger partial charge on any atom is 0.213 e. The highest BCUT2D eigenvalue weighted by Gasteiger charge is 2.07. The van der Waals surface area contributed by atoms with Crippen molar-refractivity contribution < 1.29 is 14.6 Å². The van der Waals surface area contributed by atoms with E-state index in [1.54, 1.807) is 38.3 Å². The first-order valence-electron chi connectivity index (χ1n) is 5.72. The summed E-state index contributed by atoms with van der Waals surface area (Å²) in [5.41, 5.74) is 0.698. The number of ether oxygens (including phenoxy) is 1. The number of hydrogen-bond acceptors (Lipinski definition) is 6. The summed E-state index contributed by atoms with van der Waals surface area (Å²) in [5, 5.41) is 18.0. The zero-order valence-electron chi connectivity index (χ0n) is 10.9. The number of aromatic nitrogens is 3. The van der Waals surface area contributed by atoms with Gasteiger partial charge in [-0.05, 0) is 42.5 Å². The number of carbonyl (C=O) groups excluding carboxylic acids is 1. The Labute approximate surface area is 119 Å². The molecule has 7 heteroatoms. The zero-order valence-corrected chi connectivity index (χ0v) is 11.7. The molecular weight excluding hydrogens is 278 g/mol. The van der Waals surface area contributed by atoms with Gasteiger partial charge in [-0.3, -0.25) is 5.10 Å². The van der Waals surface area contributed by atoms with Gasteiger partial charge in [-0.15, -0.1) is 5.10 Å². The van der Waals surface area contributed by atoms with Gasteiger partial charge in [0, 0.05) is 4.91 Å². The van der Waals surface area contributed by atoms with Crippen LogP contribution in [0.2, 0.25) is 0 Å². The summed E-state index contributed by atoms with van der Waals surface area (Å²) in [6.45, 7) is 1.74. The standard InChI is InChI=1S/C13H13N3O3S/c1-8-14-13(16-15-8)20-11(12(17)18)7-9-4-3-5-10(6-9)19-2/h3-7H,1-2H3,(H,17,18)(H,14,15,16)/p-1/b11-7-. The molecule has 0 amide bonds. The van der Waals surface area contributed by atoms with Crippen LogP contribution in [0.1, 0.15) is 11.4 Å². The van der Waals surface area contributed by atoms with Crippen LogP contribution in [0.25, 0.3) is 6.08 Å². The molecule has 1 N–H and O–H groups in total. The minimum Gasteiger partial charge on any atom is -0.544 e. The van der Waals surface area contributed by atoms with Gasteiger partial charge in [-0.2, -0.15) is 0 Å². The molecule has 0 aliphatic carbocycles. The number of aryl methyl sites for hydroxylation is 1. The summed E-state index contributed by atoms with van der Waals surface area (Å²) in [5.74, 6) is -0.0120. The van der Waals surface area contributed by atoms with Crippen molar-refractivity contribution in [2.45, 2.75) is 12.1 Å². The molecule has 2 aromatic rings. The minimum atomic E-state index is -1.28. The first-order chi connectivity index (χ1) is 9.58. The first kappa shape index (κ1) is 14.1. The van der Waals surface area contributed by atoms with Gasteiger partial charge in [0.05, 0.1) is 13.1 Å². The lowest BCUT2D eigenvalue weighted by atomic mass is 10.2. The number of aromatic amines is 1. The monoisotopic (exact) mass is 290 g/mol. The fraction of sp³-hybridized carbons (Fsp3) is 0.154. The highest BCUT2D eigenvalue weighted by atomic mass is 32.2. The first-order valence-corrected chi connectivity index (χ1v) is 6.54. The quantitative estimate of drug-likeness (QED) is 0.652. The van der Waals surface area contributed by atoms with Gasteiger partial charge in [0.25, 0.3) is 0 Å². The second-order valence-electron chi connectivity index (χ2n) is 3.88. The predicted octanol–water partition coefficient (Wildman–Crippen LogP) is 1.00. The predicted molar refractivity (Wildman–Crippen MR) is 73.0 cm³/mol. The van der Waals surface area contributed by atoms with E-state index in [2.05, 4.69) is 15.2 Å². The van der Waals surface area contributed by atoms with Gasteiger partial charge in [-0.1, -0.05) is 12.1 Å². The summed E-state index contributed by atoms with van der Waals surface area (Å²) < 4.78 is 5.09. The van der Waals surface area contributed by atoms with Crippen LogP contribution in [0.3, 0.4) is 0 Å². The van der Waals surface area contributed by atoms with E-state index in [0.717, 1.165) is 11.8 Å². The SMILES string of the molecule is COc1cccc(/C=C(\Sc2n[nH]c(C)n2)C(=O)[O-])c1. The summed E-state index contributed by atoms with van der Waals surface area (Å²) >= 11 is 0.931. The second kappa shape index (κ2) is 6.25. The van der Waals surface area contributed by atoms with Gasteiger partial charge >= 0.3 is 0 Å². The maximum atomic E-state index is 11.2. The molecule has 0 aliphatic heterocycles. The van der Waals surface area contributed by atoms with Gasteiger partial charge in [0.15, 0.2) is 0 Å². The van der Waals surface area contributed by atoms with Crippen molar-refractivity contribution in [3.8, 4) is 5.75 Å². The summed E-state index contributed by atoms with van der Waals surface area (Å²) in [6, 6.07) is 7.06. The summed E-state index contributed by atoms with van der Waals surface area (Å²) in [7, 11) is 1.55. The van der Waals surface area contributed by atoms with Crippen molar-refractivity contribution >= 4 is 23.8 Å². The van der Waals surface area contributed by atoms with Crippen molar-refractivity contribution in [3.05, 3.63) is 40.6 Å². The van der Waals surface area contributed by atoms with Crippen LogP contribution in [0.5, 0.6) is 5.75 Å². The molecule has 0 radical (unpaired) electrons. The minimum absolute atomic E-state index is 0.0252. The number of carbonyl (C=O) groups is 1. The summed E-state index contributed by atoms with van der Waals surface area (Å²) in [4.78, 5) is 15.2. The van der Waals surface area contributed by atoms with Crippen LogP contribution in [0, 0.1) is 6.92 Å². The van der Waals surface area contributed by atoms with E-state index in [4.69, 9.17) is 4.74 Å². The molecule has 1 aromatic heterocycles. The molecule has 0 aliphatic rings. The number of benzene rings is 1. The van der Waals surface area contributed by atoms with E-state index in [9.17, 15) is 9.90 Å². The lowest BCUT2D eigenvalue weighted by molar-refractivity contribution is -0.297. The Kier molecular flexibility index (Phi) is 4.41. The topological polar surface area (TPSA) is 90.9 Å². The number of nitrogens with zero attached hydrogens (tertiary/aromatic N) is 2. The van der Waals surface area contributed by atoms with E-state index in [0.29, 0.717) is 22.3 Å². The lowest BCUT2D eigenvalue weighted by Crippen LogP contribution is -2.23. The third-order valence-electron chi connectivity index (χ3n) is 2.37. The van der Waals surface area contributed by atoms with Crippen LogP contribution < -0.4 is 9.84 Å². The molecule has 20 heavy (non-hydrogen) atoms. The van der Waals surface area contributed by atoms with Crippen LogP contribution in [-0.2, 0) is 4.79 Å². The number of hydrogen-bond donors (Lipinski definition) is 1. The number of nitrogens with one attached hydrogen (secondary N) is 1. The number of H-pyrrole nitrogens is 1. The average molecular weight is 290 g/mol. The third kappa shape index (κ3) is 3.61. The van der Waals surface area contributed by atoms with E-state index in [-0.39, 0.29) is 4.91 Å². The molecule has 104 valence electrons. The molecule has 0 saturated carbocycles. The van der Waals surface area contributed by atoms with Crippen molar-refractivity contribution in [1.29, 1.82) is 0 Å². The fourth-order valence-corrected chi connectivity index (χ4v) is 2.23. The molecule has 0 spiro atoms. The van der Waals surface area contributed by atoms with E-state index in [1.807, 2.05) is 0 Å². The van der Waals surface area contributed by atoms with Gasteiger partial charge < -0.3 is 14.6 Å². The molecule has 2 rings (SSSR count). The number of methoxy groups -OCH3 is 1. The van der Waals surface area contributed by atoms with Crippen molar-refractivity contribution in [2.75, 3.05) is 7.11 Å². The van der Waals surface area contributed by atoms with Gasteiger partial charge in [0.2, 0.25) is 5.16 Å². The van der Waals surface area contributed by atoms with Gasteiger partial charge in [-0.25, -0.2) is 4.98 Å². The van der Waals surface area contributed by atoms with E-state index in [1.165, 1.54) is 6.08 Å². The molecule has 0 atom stereocenters. The molecule has 0 saturated heterocycles. The van der Waals surface area contributed by atoms with Crippen molar-refractivity contribution in [3.63, 3.8) is 0 Å². The normalized spacial score (nSPS) is 11.4. The highest BCUT2D eigenvalue weighted by molar-refractivity contribution is 8.04. The molecule has 6 nitrogen and oxygen atoms in total. The molecule has 1 heterocycles.